The summed E-state index contributed by atoms with van der Waals surface area (Å²) in [6.07, 6.45) is 3.60. The SMILES string of the molecule is NC(=O)c1ccc(CN=C(Nc2ccccc2)N2CCCCC2)o1. The molecule has 0 unspecified atom stereocenters. The van der Waals surface area contributed by atoms with Gasteiger partial charge in [0.2, 0.25) is 0 Å². The Morgan fingerprint density at radius 1 is 1.12 bits per heavy atom. The fraction of sp³-hybridized carbons (Fsp3) is 0.333. The molecule has 6 heteroatoms. The van der Waals surface area contributed by atoms with Crippen LogP contribution in [-0.2, 0) is 6.54 Å². The maximum atomic E-state index is 11.1. The molecule has 3 N–H and O–H groups in total. The molecule has 1 saturated heterocycles. The van der Waals surface area contributed by atoms with E-state index in [1.165, 1.54) is 19.3 Å². The van der Waals surface area contributed by atoms with Crippen molar-refractivity contribution in [1.29, 1.82) is 0 Å². The predicted octanol–water partition coefficient (Wildman–Crippen LogP) is 2.83. The van der Waals surface area contributed by atoms with E-state index in [9.17, 15) is 4.79 Å². The second kappa shape index (κ2) is 7.68. The number of primary amides is 1. The molecule has 1 aliphatic heterocycles. The number of para-hydroxylation sites is 1. The van der Waals surface area contributed by atoms with Gasteiger partial charge in [-0.3, -0.25) is 4.79 Å². The number of nitrogens with zero attached hydrogens (tertiary/aromatic N) is 2. The lowest BCUT2D eigenvalue weighted by molar-refractivity contribution is 0.0972. The molecule has 1 aliphatic rings. The van der Waals surface area contributed by atoms with Crippen molar-refractivity contribution in [2.24, 2.45) is 10.7 Å². The van der Waals surface area contributed by atoms with Crippen molar-refractivity contribution in [3.8, 4) is 0 Å². The summed E-state index contributed by atoms with van der Waals surface area (Å²) in [6, 6.07) is 13.3. The minimum Gasteiger partial charge on any atom is -0.454 e. The number of amides is 1. The zero-order valence-corrected chi connectivity index (χ0v) is 13.6. The van der Waals surface area contributed by atoms with Crippen LogP contribution in [0.15, 0.2) is 51.9 Å². The Hall–Kier alpha value is -2.76. The third-order valence-electron chi connectivity index (χ3n) is 3.97. The molecule has 1 aromatic heterocycles. The quantitative estimate of drug-likeness (QED) is 0.668. The highest BCUT2D eigenvalue weighted by Gasteiger charge is 2.15. The Kier molecular flexibility index (Phi) is 5.15. The van der Waals surface area contributed by atoms with Crippen LogP contribution in [0.25, 0.3) is 0 Å². The van der Waals surface area contributed by atoms with Gasteiger partial charge in [0.1, 0.15) is 12.3 Å². The number of carbonyl (C=O) groups excluding carboxylic acids is 1. The number of benzene rings is 1. The standard InChI is InChI=1S/C18H22N4O2/c19-17(23)16-10-9-15(24-16)13-20-18(22-11-5-2-6-12-22)21-14-7-3-1-4-8-14/h1,3-4,7-10H,2,5-6,11-13H2,(H2,19,23)(H,20,21). The number of aliphatic imine (C=N–C) groups is 1. The van der Waals surface area contributed by atoms with E-state index in [4.69, 9.17) is 10.2 Å². The van der Waals surface area contributed by atoms with Gasteiger partial charge in [0.25, 0.3) is 5.91 Å². The summed E-state index contributed by atoms with van der Waals surface area (Å²) in [5, 5.41) is 3.39. The van der Waals surface area contributed by atoms with E-state index in [0.29, 0.717) is 12.3 Å². The molecule has 0 bridgehead atoms. The number of piperidine rings is 1. The van der Waals surface area contributed by atoms with Crippen LogP contribution in [0, 0.1) is 0 Å². The first-order valence-electron chi connectivity index (χ1n) is 8.22. The van der Waals surface area contributed by atoms with Crippen molar-refractivity contribution in [1.82, 2.24) is 4.90 Å². The van der Waals surface area contributed by atoms with Gasteiger partial charge in [0, 0.05) is 18.8 Å². The van der Waals surface area contributed by atoms with Gasteiger partial charge in [-0.25, -0.2) is 4.99 Å². The molecule has 1 fully saturated rings. The van der Waals surface area contributed by atoms with Crippen LogP contribution < -0.4 is 11.1 Å². The van der Waals surface area contributed by atoms with E-state index in [-0.39, 0.29) is 5.76 Å². The summed E-state index contributed by atoms with van der Waals surface area (Å²) in [5.74, 6) is 1.05. The minimum absolute atomic E-state index is 0.163. The predicted molar refractivity (Wildman–Crippen MR) is 93.9 cm³/mol. The highest BCUT2D eigenvalue weighted by Crippen LogP contribution is 2.14. The molecule has 1 aromatic carbocycles. The van der Waals surface area contributed by atoms with E-state index >= 15 is 0 Å². The van der Waals surface area contributed by atoms with E-state index in [1.807, 2.05) is 30.3 Å². The van der Waals surface area contributed by atoms with E-state index in [0.717, 1.165) is 24.7 Å². The van der Waals surface area contributed by atoms with Crippen molar-refractivity contribution in [3.05, 3.63) is 54.0 Å². The average molecular weight is 326 g/mol. The smallest absolute Gasteiger partial charge is 0.284 e. The number of hydrogen-bond donors (Lipinski definition) is 2. The lowest BCUT2D eigenvalue weighted by Crippen LogP contribution is -2.40. The van der Waals surface area contributed by atoms with Crippen molar-refractivity contribution in [3.63, 3.8) is 0 Å². The Bertz CT molecular complexity index is 703. The van der Waals surface area contributed by atoms with Gasteiger partial charge in [0.15, 0.2) is 11.7 Å². The normalized spacial score (nSPS) is 15.3. The molecule has 3 rings (SSSR count). The number of nitrogens with two attached hydrogens (primary N) is 1. The third kappa shape index (κ3) is 4.16. The molecule has 0 radical (unpaired) electrons. The topological polar surface area (TPSA) is 83.9 Å². The highest BCUT2D eigenvalue weighted by atomic mass is 16.3. The molecule has 126 valence electrons. The summed E-state index contributed by atoms with van der Waals surface area (Å²) >= 11 is 0. The fourth-order valence-corrected chi connectivity index (χ4v) is 2.72. The Morgan fingerprint density at radius 3 is 2.54 bits per heavy atom. The molecular formula is C18H22N4O2. The van der Waals surface area contributed by atoms with E-state index in [2.05, 4.69) is 15.2 Å². The molecule has 2 aromatic rings. The van der Waals surface area contributed by atoms with Crippen molar-refractivity contribution < 1.29 is 9.21 Å². The van der Waals surface area contributed by atoms with Crippen LogP contribution in [-0.4, -0.2) is 29.9 Å². The molecular weight excluding hydrogens is 304 g/mol. The second-order valence-corrected chi connectivity index (χ2v) is 5.81. The lowest BCUT2D eigenvalue weighted by atomic mass is 10.1. The van der Waals surface area contributed by atoms with Crippen LogP contribution in [0.1, 0.15) is 35.6 Å². The summed E-state index contributed by atoms with van der Waals surface area (Å²) in [5.41, 5.74) is 6.21. The number of nitrogens with one attached hydrogen (secondary N) is 1. The summed E-state index contributed by atoms with van der Waals surface area (Å²) in [6.45, 7) is 2.34. The van der Waals surface area contributed by atoms with Gasteiger partial charge in [-0.15, -0.1) is 0 Å². The first-order chi connectivity index (χ1) is 11.7. The van der Waals surface area contributed by atoms with Crippen molar-refractivity contribution >= 4 is 17.6 Å². The lowest BCUT2D eigenvalue weighted by Gasteiger charge is -2.30. The van der Waals surface area contributed by atoms with Gasteiger partial charge < -0.3 is 20.4 Å². The Labute approximate surface area is 141 Å². The van der Waals surface area contributed by atoms with Gasteiger partial charge in [0.05, 0.1) is 0 Å². The van der Waals surface area contributed by atoms with Crippen LogP contribution in [0.5, 0.6) is 0 Å². The van der Waals surface area contributed by atoms with Gasteiger partial charge in [-0.05, 0) is 43.5 Å². The zero-order chi connectivity index (χ0) is 16.8. The fourth-order valence-electron chi connectivity index (χ4n) is 2.72. The Balaban J connectivity index is 1.75. The molecule has 0 spiro atoms. The van der Waals surface area contributed by atoms with Crippen LogP contribution >= 0.6 is 0 Å². The maximum absolute atomic E-state index is 11.1. The molecule has 0 aliphatic carbocycles. The average Bonchev–Trinajstić information content (AvgIpc) is 3.09. The van der Waals surface area contributed by atoms with Crippen molar-refractivity contribution in [2.75, 3.05) is 18.4 Å². The van der Waals surface area contributed by atoms with Crippen LogP contribution in [0.3, 0.4) is 0 Å². The molecule has 2 heterocycles. The molecule has 0 saturated carbocycles. The van der Waals surface area contributed by atoms with Gasteiger partial charge >= 0.3 is 0 Å². The molecule has 6 nitrogen and oxygen atoms in total. The molecule has 24 heavy (non-hydrogen) atoms. The van der Waals surface area contributed by atoms with Gasteiger partial charge in [-0.1, -0.05) is 18.2 Å². The first kappa shape index (κ1) is 16.1. The summed E-state index contributed by atoms with van der Waals surface area (Å²) in [7, 11) is 0. The largest absolute Gasteiger partial charge is 0.454 e. The highest BCUT2D eigenvalue weighted by molar-refractivity contribution is 5.93. The minimum atomic E-state index is -0.566. The third-order valence-corrected chi connectivity index (χ3v) is 3.97. The monoisotopic (exact) mass is 326 g/mol. The maximum Gasteiger partial charge on any atom is 0.284 e. The Morgan fingerprint density at radius 2 is 1.88 bits per heavy atom. The van der Waals surface area contributed by atoms with E-state index < -0.39 is 5.91 Å². The van der Waals surface area contributed by atoms with Gasteiger partial charge in [-0.2, -0.15) is 0 Å². The molecule has 0 atom stereocenters. The van der Waals surface area contributed by atoms with Crippen LogP contribution in [0.4, 0.5) is 5.69 Å². The number of anilines is 1. The number of furan rings is 1. The first-order valence-corrected chi connectivity index (χ1v) is 8.22. The number of guanidine groups is 1. The zero-order valence-electron chi connectivity index (χ0n) is 13.6. The number of hydrogen-bond acceptors (Lipinski definition) is 3. The van der Waals surface area contributed by atoms with E-state index in [1.54, 1.807) is 12.1 Å². The number of rotatable bonds is 4. The van der Waals surface area contributed by atoms with Crippen LogP contribution in [0.2, 0.25) is 0 Å². The number of carbonyl (C=O) groups is 1. The number of likely N-dealkylation sites (tertiary alicyclic amines) is 1. The molecule has 1 amide bonds. The second-order valence-electron chi connectivity index (χ2n) is 5.81. The summed E-state index contributed by atoms with van der Waals surface area (Å²) < 4.78 is 5.41. The van der Waals surface area contributed by atoms with Crippen molar-refractivity contribution in [2.45, 2.75) is 25.8 Å². The summed E-state index contributed by atoms with van der Waals surface area (Å²) in [4.78, 5) is 18.0.